The smallest absolute Gasteiger partial charge is 0.326 e. The molecule has 3 N–H and O–H groups in total. The van der Waals surface area contributed by atoms with Gasteiger partial charge in [-0.3, -0.25) is 14.6 Å². The molecule has 4 rings (SSSR count). The minimum Gasteiger partial charge on any atom is -0.480 e. The van der Waals surface area contributed by atoms with Crippen LogP contribution in [0.2, 0.25) is 10.0 Å². The van der Waals surface area contributed by atoms with Crippen LogP contribution in [0.4, 0.5) is 5.69 Å². The van der Waals surface area contributed by atoms with Gasteiger partial charge in [-0.2, -0.15) is 0 Å². The number of nitrogens with zero attached hydrogens (tertiary/aromatic N) is 1. The van der Waals surface area contributed by atoms with E-state index < -0.39 is 23.3 Å². The van der Waals surface area contributed by atoms with Gasteiger partial charge in [0, 0.05) is 30.2 Å². The van der Waals surface area contributed by atoms with Crippen molar-refractivity contribution in [3.63, 3.8) is 0 Å². The molecule has 184 valence electrons. The number of ketones is 1. The number of carboxylic acids is 1. The van der Waals surface area contributed by atoms with Crippen LogP contribution < -0.4 is 10.6 Å². The second kappa shape index (κ2) is 10.6. The van der Waals surface area contributed by atoms with Gasteiger partial charge in [-0.05, 0) is 36.8 Å². The minimum atomic E-state index is -0.984. The van der Waals surface area contributed by atoms with Crippen molar-refractivity contribution in [2.24, 2.45) is 5.41 Å². The molecule has 2 aliphatic carbocycles. The number of benzene rings is 1. The maximum Gasteiger partial charge on any atom is 0.326 e. The first kappa shape index (κ1) is 25.5. The van der Waals surface area contributed by atoms with E-state index in [1.54, 1.807) is 24.3 Å². The van der Waals surface area contributed by atoms with Crippen LogP contribution in [0.3, 0.4) is 0 Å². The molecule has 35 heavy (non-hydrogen) atoms. The molecule has 2 aliphatic rings. The Morgan fingerprint density at radius 3 is 2.31 bits per heavy atom. The number of Topliss-reactive ketones (excluding diaryl/α,β-unsaturated/α-hetero) is 1. The lowest BCUT2D eigenvalue weighted by Crippen LogP contribution is -2.53. The number of amides is 1. The molecule has 1 heterocycles. The zero-order valence-electron chi connectivity index (χ0n) is 19.1. The summed E-state index contributed by atoms with van der Waals surface area (Å²) >= 11 is 13.5. The van der Waals surface area contributed by atoms with Gasteiger partial charge in [-0.25, -0.2) is 4.79 Å². The van der Waals surface area contributed by atoms with Gasteiger partial charge in [0.25, 0.3) is 5.91 Å². The molecule has 1 aromatic carbocycles. The molecule has 2 aromatic rings. The number of nitrogens with one attached hydrogen (secondary N) is 2. The zero-order valence-corrected chi connectivity index (χ0v) is 21.4. The third-order valence-electron chi connectivity index (χ3n) is 6.61. The second-order valence-corrected chi connectivity index (χ2v) is 10.4. The minimum absolute atomic E-state index is 0.132. The summed E-state index contributed by atoms with van der Waals surface area (Å²) in [6.45, 7) is 0. The number of carboxylic acid groups (broad SMARTS) is 1. The number of rotatable bonds is 8. The van der Waals surface area contributed by atoms with Gasteiger partial charge in [-0.1, -0.05) is 54.6 Å². The quantitative estimate of drug-likeness (QED) is 0.420. The number of aromatic nitrogens is 1. The lowest BCUT2D eigenvalue weighted by Gasteiger charge is -2.47. The number of anilines is 1. The van der Waals surface area contributed by atoms with Crippen LogP contribution in [0.25, 0.3) is 0 Å². The molecule has 1 saturated carbocycles. The first-order valence-corrected chi connectivity index (χ1v) is 13.3. The number of hydrogen-bond acceptors (Lipinski definition) is 6. The molecule has 0 unspecified atom stereocenters. The Bertz CT molecular complexity index is 1170. The van der Waals surface area contributed by atoms with Gasteiger partial charge in [-0.15, -0.1) is 11.8 Å². The molecule has 0 aliphatic heterocycles. The van der Waals surface area contributed by atoms with E-state index in [2.05, 4.69) is 15.6 Å². The Kier molecular flexibility index (Phi) is 7.73. The highest BCUT2D eigenvalue weighted by atomic mass is 35.5. The maximum atomic E-state index is 12.8. The zero-order chi connectivity index (χ0) is 25.2. The number of aliphatic carboxylic acids is 1. The number of halogens is 2. The molecular formula is C25H25Cl2N3O4S. The van der Waals surface area contributed by atoms with Crippen molar-refractivity contribution in [3.05, 3.63) is 68.4 Å². The molecule has 1 spiro atoms. The van der Waals surface area contributed by atoms with Crippen molar-refractivity contribution >= 4 is 58.3 Å². The fourth-order valence-corrected chi connectivity index (χ4v) is 6.16. The number of pyridine rings is 1. The van der Waals surface area contributed by atoms with Crippen molar-refractivity contribution in [3.8, 4) is 0 Å². The van der Waals surface area contributed by atoms with Crippen molar-refractivity contribution in [1.29, 1.82) is 0 Å². The monoisotopic (exact) mass is 533 g/mol. The number of hydrogen-bond donors (Lipinski definition) is 3. The van der Waals surface area contributed by atoms with E-state index in [0.29, 0.717) is 10.6 Å². The van der Waals surface area contributed by atoms with E-state index in [1.165, 1.54) is 24.2 Å². The summed E-state index contributed by atoms with van der Waals surface area (Å²) in [7, 11) is 0. The number of allylic oxidation sites excluding steroid dienone is 2. The predicted octanol–water partition coefficient (Wildman–Crippen LogP) is 5.33. The van der Waals surface area contributed by atoms with Crippen LogP contribution in [-0.4, -0.2) is 40.0 Å². The molecular weight excluding hydrogens is 509 g/mol. The van der Waals surface area contributed by atoms with Crippen LogP contribution in [0.1, 0.15) is 48.0 Å². The first-order chi connectivity index (χ1) is 16.8. The van der Waals surface area contributed by atoms with Crippen molar-refractivity contribution in [2.75, 3.05) is 11.6 Å². The van der Waals surface area contributed by atoms with E-state index >= 15 is 0 Å². The van der Waals surface area contributed by atoms with E-state index in [4.69, 9.17) is 23.2 Å². The molecule has 1 atom stereocenters. The molecule has 1 amide bonds. The topological polar surface area (TPSA) is 108 Å². The van der Waals surface area contributed by atoms with Crippen LogP contribution in [0.15, 0.2) is 47.3 Å². The third-order valence-corrected chi connectivity index (χ3v) is 7.98. The molecule has 0 bridgehead atoms. The lowest BCUT2D eigenvalue weighted by atomic mass is 9.62. The Morgan fingerprint density at radius 1 is 1.11 bits per heavy atom. The summed E-state index contributed by atoms with van der Waals surface area (Å²) < 4.78 is 0. The average Bonchev–Trinajstić information content (AvgIpc) is 2.84. The SMILES string of the molecule is CSC1=C(N[C@@H](Cc2ccc(NC(=O)c3c(Cl)cncc3Cl)cc2)C(=O)O)C2(CCCCC2)C1=O. The second-order valence-electron chi connectivity index (χ2n) is 8.75. The number of thioether (sulfide) groups is 1. The van der Waals surface area contributed by atoms with Crippen LogP contribution in [-0.2, 0) is 16.0 Å². The Labute approximate surface area is 217 Å². The average molecular weight is 534 g/mol. The van der Waals surface area contributed by atoms with Crippen LogP contribution in [0.5, 0.6) is 0 Å². The Balaban J connectivity index is 1.46. The van der Waals surface area contributed by atoms with Gasteiger partial charge in [0.15, 0.2) is 5.78 Å². The van der Waals surface area contributed by atoms with Crippen LogP contribution in [0, 0.1) is 5.41 Å². The lowest BCUT2D eigenvalue weighted by molar-refractivity contribution is -0.140. The summed E-state index contributed by atoms with van der Waals surface area (Å²) in [6, 6.07) is 6.02. The molecule has 0 radical (unpaired) electrons. The highest BCUT2D eigenvalue weighted by Crippen LogP contribution is 2.54. The maximum absolute atomic E-state index is 12.8. The summed E-state index contributed by atoms with van der Waals surface area (Å²) in [4.78, 5) is 42.0. The van der Waals surface area contributed by atoms with E-state index in [0.717, 1.165) is 43.4 Å². The highest BCUT2D eigenvalue weighted by molar-refractivity contribution is 8.03. The van der Waals surface area contributed by atoms with Crippen molar-refractivity contribution in [2.45, 2.75) is 44.6 Å². The standard InChI is InChI=1S/C25H25Cl2N3O4S/c1-35-20-21(25(22(20)31)9-3-2-4-10-25)30-18(24(33)34)11-14-5-7-15(8-6-14)29-23(32)19-16(26)12-28-13-17(19)27/h5-8,12-13,18,30H,2-4,9-11H2,1H3,(H,29,32)(H,33,34)/t18-/m0/s1. The number of carbonyl (C=O) groups excluding carboxylic acids is 2. The fraction of sp³-hybridized carbons (Fsp3) is 0.360. The summed E-state index contributed by atoms with van der Waals surface area (Å²) in [5.41, 5.74) is 1.66. The fourth-order valence-electron chi connectivity index (χ4n) is 4.79. The Hall–Kier alpha value is -2.55. The van der Waals surface area contributed by atoms with E-state index in [-0.39, 0.29) is 27.8 Å². The van der Waals surface area contributed by atoms with Crippen LogP contribution >= 0.6 is 35.0 Å². The molecule has 10 heteroatoms. The van der Waals surface area contributed by atoms with E-state index in [9.17, 15) is 19.5 Å². The summed E-state index contributed by atoms with van der Waals surface area (Å²) in [5, 5.41) is 16.1. The highest BCUT2D eigenvalue weighted by Gasteiger charge is 2.54. The van der Waals surface area contributed by atoms with Gasteiger partial charge >= 0.3 is 5.97 Å². The molecule has 1 aromatic heterocycles. The Morgan fingerprint density at radius 2 is 1.74 bits per heavy atom. The normalized spacial score (nSPS) is 17.6. The predicted molar refractivity (Wildman–Crippen MR) is 138 cm³/mol. The van der Waals surface area contributed by atoms with Crippen molar-refractivity contribution < 1.29 is 19.5 Å². The summed E-state index contributed by atoms with van der Waals surface area (Å²) in [5.74, 6) is -1.31. The number of carbonyl (C=O) groups is 3. The molecule has 0 saturated heterocycles. The largest absolute Gasteiger partial charge is 0.480 e. The first-order valence-electron chi connectivity index (χ1n) is 11.3. The van der Waals surface area contributed by atoms with Gasteiger partial charge < -0.3 is 15.7 Å². The van der Waals surface area contributed by atoms with Gasteiger partial charge in [0.2, 0.25) is 0 Å². The van der Waals surface area contributed by atoms with E-state index in [1.807, 2.05) is 6.26 Å². The molecule has 7 nitrogen and oxygen atoms in total. The van der Waals surface area contributed by atoms with Gasteiger partial charge in [0.05, 0.1) is 25.9 Å². The summed E-state index contributed by atoms with van der Waals surface area (Å²) in [6.07, 6.45) is 9.33. The third kappa shape index (κ3) is 5.06. The van der Waals surface area contributed by atoms with Gasteiger partial charge in [0.1, 0.15) is 6.04 Å². The molecule has 1 fully saturated rings. The van der Waals surface area contributed by atoms with Crippen molar-refractivity contribution in [1.82, 2.24) is 10.3 Å².